The van der Waals surface area contributed by atoms with Crippen LogP contribution in [-0.4, -0.2) is 34.3 Å². The molecule has 0 spiro atoms. The number of aliphatic hydroxyl groups excluding tert-OH is 1. The summed E-state index contributed by atoms with van der Waals surface area (Å²) in [6.45, 7) is 0.0959. The Balaban J connectivity index is 3.59. The molecule has 7 nitrogen and oxygen atoms in total. The Labute approximate surface area is 130 Å². The van der Waals surface area contributed by atoms with E-state index in [0.29, 0.717) is 8.86 Å². The van der Waals surface area contributed by atoms with Gasteiger partial charge in [-0.05, 0) is 0 Å². The van der Waals surface area contributed by atoms with Crippen LogP contribution in [0.3, 0.4) is 0 Å². The van der Waals surface area contributed by atoms with Crippen LogP contribution in [0, 0.1) is 0 Å². The van der Waals surface area contributed by atoms with Gasteiger partial charge in [-0.3, -0.25) is 0 Å². The van der Waals surface area contributed by atoms with Gasteiger partial charge >= 0.3 is 17.1 Å². The molecule has 9 heteroatoms. The van der Waals surface area contributed by atoms with Gasteiger partial charge in [-0.15, -0.1) is 0 Å². The summed E-state index contributed by atoms with van der Waals surface area (Å²) in [6.07, 6.45) is 0. The van der Waals surface area contributed by atoms with Gasteiger partial charge in [0.05, 0.1) is 13.2 Å². The molecule has 0 aliphatic carbocycles. The van der Waals surface area contributed by atoms with Gasteiger partial charge in [-0.1, -0.05) is 45.2 Å². The Morgan fingerprint density at radius 1 is 0.778 bits per heavy atom. The number of nitrogens with zero attached hydrogens (tertiary/aromatic N) is 3. The van der Waals surface area contributed by atoms with Gasteiger partial charge in [0, 0.05) is 21.9 Å². The number of aliphatic hydroxyl groups is 1. The normalized spacial score (nSPS) is 10.8. The van der Waals surface area contributed by atoms with Crippen LogP contribution in [0.15, 0.2) is 14.4 Å². The molecule has 0 atom stereocenters. The molecular weight excluding hydrogens is 468 g/mol. The minimum absolute atomic E-state index is 0.0968. The van der Waals surface area contributed by atoms with Crippen LogP contribution in [0.1, 0.15) is 0 Å². The first kappa shape index (κ1) is 15.9. The monoisotopic (exact) mass is 481 g/mol. The molecule has 0 amide bonds. The van der Waals surface area contributed by atoms with Crippen LogP contribution >= 0.6 is 45.2 Å². The van der Waals surface area contributed by atoms with Gasteiger partial charge in [-0.2, -0.15) is 0 Å². The van der Waals surface area contributed by atoms with Crippen molar-refractivity contribution in [2.75, 3.05) is 15.5 Å². The van der Waals surface area contributed by atoms with E-state index in [1.165, 1.54) is 0 Å². The third-order valence-electron chi connectivity index (χ3n) is 2.33. The average molecular weight is 481 g/mol. The molecule has 0 unspecified atom stereocenters. The molecule has 0 aromatic carbocycles. The predicted octanol–water partition coefficient (Wildman–Crippen LogP) is -0.966. The van der Waals surface area contributed by atoms with Gasteiger partial charge in [0.25, 0.3) is 0 Å². The fourth-order valence-corrected chi connectivity index (χ4v) is 2.49. The summed E-state index contributed by atoms with van der Waals surface area (Å²) in [6, 6.07) is 0. The maximum atomic E-state index is 12.0. The highest BCUT2D eigenvalue weighted by atomic mass is 127. The van der Waals surface area contributed by atoms with E-state index >= 15 is 0 Å². The largest absolute Gasteiger partial charge is 0.395 e. The molecule has 18 heavy (non-hydrogen) atoms. The van der Waals surface area contributed by atoms with Crippen molar-refractivity contribution in [3.8, 4) is 0 Å². The third kappa shape index (κ3) is 3.23. The first-order chi connectivity index (χ1) is 8.58. The molecule has 0 saturated carbocycles. The molecule has 1 heterocycles. The molecule has 0 saturated heterocycles. The Morgan fingerprint density at radius 3 is 1.39 bits per heavy atom. The van der Waals surface area contributed by atoms with Crippen LogP contribution in [0.2, 0.25) is 0 Å². The lowest BCUT2D eigenvalue weighted by molar-refractivity contribution is 0.265. The van der Waals surface area contributed by atoms with E-state index in [-0.39, 0.29) is 26.2 Å². The minimum Gasteiger partial charge on any atom is -0.395 e. The maximum Gasteiger partial charge on any atom is 0.336 e. The van der Waals surface area contributed by atoms with E-state index in [2.05, 4.69) is 45.2 Å². The maximum absolute atomic E-state index is 12.0. The second-order valence-electron chi connectivity index (χ2n) is 3.40. The van der Waals surface area contributed by atoms with E-state index in [4.69, 9.17) is 5.11 Å². The zero-order valence-corrected chi connectivity index (χ0v) is 13.8. The van der Waals surface area contributed by atoms with E-state index < -0.39 is 17.1 Å². The first-order valence-electron chi connectivity index (χ1n) is 5.25. The molecule has 1 aromatic heterocycles. The van der Waals surface area contributed by atoms with E-state index in [0.717, 1.165) is 13.7 Å². The Morgan fingerprint density at radius 2 is 1.11 bits per heavy atom. The van der Waals surface area contributed by atoms with E-state index in [9.17, 15) is 14.4 Å². The molecule has 0 bridgehead atoms. The van der Waals surface area contributed by atoms with Crippen molar-refractivity contribution in [1.82, 2.24) is 13.7 Å². The second kappa shape index (κ2) is 7.43. The van der Waals surface area contributed by atoms with E-state index in [1.54, 1.807) is 0 Å². The highest BCUT2D eigenvalue weighted by molar-refractivity contribution is 14.1. The molecule has 102 valence electrons. The van der Waals surface area contributed by atoms with Crippen molar-refractivity contribution in [2.24, 2.45) is 0 Å². The van der Waals surface area contributed by atoms with Crippen molar-refractivity contribution < 1.29 is 5.11 Å². The second-order valence-corrected chi connectivity index (χ2v) is 5.56. The van der Waals surface area contributed by atoms with Crippen LogP contribution < -0.4 is 17.1 Å². The number of hydrogen-bond donors (Lipinski definition) is 1. The van der Waals surface area contributed by atoms with Crippen LogP contribution in [0.4, 0.5) is 0 Å². The summed E-state index contributed by atoms with van der Waals surface area (Å²) in [4.78, 5) is 35.9. The zero-order valence-electron chi connectivity index (χ0n) is 9.51. The Hall–Kier alpha value is -0.170. The van der Waals surface area contributed by atoms with Gasteiger partial charge in [0.15, 0.2) is 0 Å². The van der Waals surface area contributed by atoms with Crippen LogP contribution in [0.25, 0.3) is 0 Å². The molecular formula is C9H13I2N3O4. The predicted molar refractivity (Wildman–Crippen MR) is 84.1 cm³/mol. The van der Waals surface area contributed by atoms with E-state index in [1.807, 2.05) is 0 Å². The standard InChI is InChI=1S/C9H13I2N3O4/c10-1-3-12-7(16)13(4-2-11)9(18)14(5-6-15)8(12)17/h15H,1-6H2. The highest BCUT2D eigenvalue weighted by Gasteiger charge is 2.13. The average Bonchev–Trinajstić information content (AvgIpc) is 2.35. The number of halogens is 2. The quantitative estimate of drug-likeness (QED) is 0.419. The number of alkyl halides is 2. The van der Waals surface area contributed by atoms with Gasteiger partial charge < -0.3 is 5.11 Å². The molecule has 0 aliphatic heterocycles. The molecule has 0 radical (unpaired) electrons. The number of hydrogen-bond acceptors (Lipinski definition) is 4. The minimum atomic E-state index is -0.652. The fourth-order valence-electron chi connectivity index (χ4n) is 1.53. The topological polar surface area (TPSA) is 86.2 Å². The molecule has 1 aromatic rings. The summed E-state index contributed by atoms with van der Waals surface area (Å²) in [5.41, 5.74) is -1.88. The fraction of sp³-hybridized carbons (Fsp3) is 0.667. The lowest BCUT2D eigenvalue weighted by Gasteiger charge is -2.11. The van der Waals surface area contributed by atoms with Crippen molar-refractivity contribution in [3.05, 3.63) is 31.5 Å². The van der Waals surface area contributed by atoms with Crippen LogP contribution in [0.5, 0.6) is 0 Å². The molecule has 0 aliphatic rings. The lowest BCUT2D eigenvalue weighted by Crippen LogP contribution is -2.55. The first-order valence-corrected chi connectivity index (χ1v) is 8.30. The van der Waals surface area contributed by atoms with Crippen LogP contribution in [-0.2, 0) is 19.6 Å². The van der Waals surface area contributed by atoms with Crippen molar-refractivity contribution in [1.29, 1.82) is 0 Å². The van der Waals surface area contributed by atoms with Gasteiger partial charge in [0.2, 0.25) is 0 Å². The van der Waals surface area contributed by atoms with Crippen molar-refractivity contribution in [3.63, 3.8) is 0 Å². The van der Waals surface area contributed by atoms with Gasteiger partial charge in [-0.25, -0.2) is 28.1 Å². The Kier molecular flexibility index (Phi) is 6.55. The molecule has 1 rings (SSSR count). The van der Waals surface area contributed by atoms with Crippen molar-refractivity contribution >= 4 is 45.2 Å². The summed E-state index contributed by atoms with van der Waals surface area (Å²) in [5.74, 6) is 0. The highest BCUT2D eigenvalue weighted by Crippen LogP contribution is 1.85. The summed E-state index contributed by atoms with van der Waals surface area (Å²) < 4.78 is 4.16. The van der Waals surface area contributed by atoms with Crippen molar-refractivity contribution in [2.45, 2.75) is 19.6 Å². The SMILES string of the molecule is O=c1n(CCO)c(=O)n(CCI)c(=O)n1CCI. The summed E-state index contributed by atoms with van der Waals surface area (Å²) >= 11 is 4.11. The smallest absolute Gasteiger partial charge is 0.336 e. The Bertz CT molecular complexity index is 463. The summed E-state index contributed by atoms with van der Waals surface area (Å²) in [7, 11) is 0. The third-order valence-corrected chi connectivity index (χ3v) is 3.29. The van der Waals surface area contributed by atoms with Gasteiger partial charge in [0.1, 0.15) is 0 Å². The lowest BCUT2D eigenvalue weighted by atomic mass is 10.6. The number of rotatable bonds is 6. The number of aromatic nitrogens is 3. The zero-order chi connectivity index (χ0) is 13.7. The summed E-state index contributed by atoms with van der Waals surface area (Å²) in [5, 5.41) is 8.88. The molecule has 1 N–H and O–H groups in total. The molecule has 0 fully saturated rings.